The van der Waals surface area contributed by atoms with Gasteiger partial charge in [0, 0.05) is 12.8 Å². The molecule has 13 heavy (non-hydrogen) atoms. The molecule has 0 saturated heterocycles. The molecule has 0 fully saturated rings. The first kappa shape index (κ1) is 12.9. The summed E-state index contributed by atoms with van der Waals surface area (Å²) < 4.78 is 0. The first-order valence-electron chi connectivity index (χ1n) is 5.27. The molecule has 0 aliphatic rings. The molecule has 0 heterocycles. The lowest BCUT2D eigenvalue weighted by atomic mass is 10.0. The summed E-state index contributed by atoms with van der Waals surface area (Å²) in [6, 6.07) is 0. The van der Waals surface area contributed by atoms with Gasteiger partial charge in [0.2, 0.25) is 0 Å². The molecule has 0 saturated carbocycles. The van der Waals surface area contributed by atoms with Crippen LogP contribution in [-0.4, -0.2) is 22.5 Å². The van der Waals surface area contributed by atoms with Crippen LogP contribution in [-0.2, 0) is 0 Å². The summed E-state index contributed by atoms with van der Waals surface area (Å²) in [6.45, 7) is 2.50. The van der Waals surface area contributed by atoms with E-state index in [1.54, 1.807) is 0 Å². The average Bonchev–Trinajstić information content (AvgIpc) is 2.04. The molecule has 0 rings (SSSR count). The number of aliphatic hydroxyl groups is 2. The van der Waals surface area contributed by atoms with Crippen LogP contribution in [0.25, 0.3) is 0 Å². The Bertz CT molecular complexity index is 115. The van der Waals surface area contributed by atoms with Crippen LogP contribution in [0.5, 0.6) is 0 Å². The molecule has 0 amide bonds. The highest BCUT2D eigenvalue weighted by Crippen LogP contribution is 2.15. The first-order valence-corrected chi connectivity index (χ1v) is 5.27. The molecule has 0 aromatic heterocycles. The summed E-state index contributed by atoms with van der Waals surface area (Å²) in [7, 11) is 0. The molecule has 0 bridgehead atoms. The standard InChI is InChI=1S/C10H23NO2/c1-2-3-4-5-6-7-10(12,13)8-9-11/h12-13H,2-9,11H2,1H3. The second-order valence-corrected chi connectivity index (χ2v) is 3.69. The van der Waals surface area contributed by atoms with Crippen molar-refractivity contribution in [3.63, 3.8) is 0 Å². The van der Waals surface area contributed by atoms with Gasteiger partial charge in [0.15, 0.2) is 5.79 Å². The molecule has 0 aliphatic heterocycles. The normalized spacial score (nSPS) is 12.0. The summed E-state index contributed by atoms with van der Waals surface area (Å²) in [6.07, 6.45) is 6.34. The maximum atomic E-state index is 9.35. The number of nitrogens with two attached hydrogens (primary N) is 1. The predicted octanol–water partition coefficient (Wildman–Crippen LogP) is 1.38. The van der Waals surface area contributed by atoms with Gasteiger partial charge in [-0.15, -0.1) is 0 Å². The average molecular weight is 189 g/mol. The van der Waals surface area contributed by atoms with E-state index in [0.29, 0.717) is 13.0 Å². The van der Waals surface area contributed by atoms with Crippen molar-refractivity contribution in [2.24, 2.45) is 5.73 Å². The Labute approximate surface area is 81.0 Å². The number of unbranched alkanes of at least 4 members (excludes halogenated alkanes) is 4. The predicted molar refractivity (Wildman–Crippen MR) is 54.2 cm³/mol. The van der Waals surface area contributed by atoms with Crippen LogP contribution in [0.1, 0.15) is 51.9 Å². The van der Waals surface area contributed by atoms with Gasteiger partial charge in [0.25, 0.3) is 0 Å². The minimum absolute atomic E-state index is 0.279. The van der Waals surface area contributed by atoms with Crippen LogP contribution in [0, 0.1) is 0 Å². The van der Waals surface area contributed by atoms with Crippen molar-refractivity contribution in [2.45, 2.75) is 57.7 Å². The third kappa shape index (κ3) is 8.22. The van der Waals surface area contributed by atoms with E-state index in [-0.39, 0.29) is 6.42 Å². The van der Waals surface area contributed by atoms with E-state index in [9.17, 15) is 10.2 Å². The Balaban J connectivity index is 3.29. The summed E-state index contributed by atoms with van der Waals surface area (Å²) in [5.74, 6) is -1.53. The zero-order chi connectivity index (χ0) is 10.2. The molecule has 4 N–H and O–H groups in total. The van der Waals surface area contributed by atoms with Gasteiger partial charge in [0.05, 0.1) is 0 Å². The fourth-order valence-electron chi connectivity index (χ4n) is 1.37. The Kier molecular flexibility index (Phi) is 7.23. The SMILES string of the molecule is CCCCCCCC(O)(O)CCN. The minimum atomic E-state index is -1.53. The number of hydrogen-bond donors (Lipinski definition) is 3. The van der Waals surface area contributed by atoms with E-state index in [2.05, 4.69) is 6.92 Å². The maximum absolute atomic E-state index is 9.35. The molecular formula is C10H23NO2. The Morgan fingerprint density at radius 2 is 1.62 bits per heavy atom. The summed E-state index contributed by atoms with van der Waals surface area (Å²) in [5, 5.41) is 18.7. The van der Waals surface area contributed by atoms with Crippen molar-refractivity contribution in [1.29, 1.82) is 0 Å². The summed E-state index contributed by atoms with van der Waals surface area (Å²) in [5.41, 5.74) is 5.25. The third-order valence-corrected chi connectivity index (χ3v) is 2.23. The van der Waals surface area contributed by atoms with E-state index in [1.807, 2.05) is 0 Å². The van der Waals surface area contributed by atoms with Crippen LogP contribution < -0.4 is 5.73 Å². The molecule has 0 atom stereocenters. The molecule has 0 aliphatic carbocycles. The van der Waals surface area contributed by atoms with Crippen LogP contribution in [0.15, 0.2) is 0 Å². The van der Waals surface area contributed by atoms with Crippen molar-refractivity contribution >= 4 is 0 Å². The monoisotopic (exact) mass is 189 g/mol. The topological polar surface area (TPSA) is 66.5 Å². The molecule has 3 nitrogen and oxygen atoms in total. The van der Waals surface area contributed by atoms with E-state index in [1.165, 1.54) is 19.3 Å². The van der Waals surface area contributed by atoms with Crippen molar-refractivity contribution in [1.82, 2.24) is 0 Å². The van der Waals surface area contributed by atoms with Crippen molar-refractivity contribution in [3.8, 4) is 0 Å². The van der Waals surface area contributed by atoms with Gasteiger partial charge in [-0.25, -0.2) is 0 Å². The molecule has 0 spiro atoms. The molecular weight excluding hydrogens is 166 g/mol. The smallest absolute Gasteiger partial charge is 0.163 e. The molecule has 0 radical (unpaired) electrons. The van der Waals surface area contributed by atoms with Crippen molar-refractivity contribution in [3.05, 3.63) is 0 Å². The fraction of sp³-hybridized carbons (Fsp3) is 1.00. The van der Waals surface area contributed by atoms with Gasteiger partial charge in [-0.05, 0) is 13.0 Å². The second kappa shape index (κ2) is 7.30. The fourth-order valence-corrected chi connectivity index (χ4v) is 1.37. The van der Waals surface area contributed by atoms with Crippen molar-refractivity contribution in [2.75, 3.05) is 6.54 Å². The van der Waals surface area contributed by atoms with Gasteiger partial charge >= 0.3 is 0 Å². The quantitative estimate of drug-likeness (QED) is 0.399. The first-order chi connectivity index (χ1) is 6.12. The maximum Gasteiger partial charge on any atom is 0.163 e. The summed E-state index contributed by atoms with van der Waals surface area (Å²) in [4.78, 5) is 0. The molecule has 0 aromatic carbocycles. The van der Waals surface area contributed by atoms with Crippen LogP contribution in [0.3, 0.4) is 0 Å². The van der Waals surface area contributed by atoms with Crippen molar-refractivity contribution < 1.29 is 10.2 Å². The van der Waals surface area contributed by atoms with E-state index < -0.39 is 5.79 Å². The van der Waals surface area contributed by atoms with Gasteiger partial charge in [0.1, 0.15) is 0 Å². The lowest BCUT2D eigenvalue weighted by Gasteiger charge is -2.20. The molecule has 80 valence electrons. The second-order valence-electron chi connectivity index (χ2n) is 3.69. The highest BCUT2D eigenvalue weighted by atomic mass is 16.5. The number of hydrogen-bond acceptors (Lipinski definition) is 3. The lowest BCUT2D eigenvalue weighted by molar-refractivity contribution is -0.169. The Morgan fingerprint density at radius 1 is 1.00 bits per heavy atom. The van der Waals surface area contributed by atoms with Crippen LogP contribution in [0.4, 0.5) is 0 Å². The summed E-state index contributed by atoms with van der Waals surface area (Å²) >= 11 is 0. The van der Waals surface area contributed by atoms with Gasteiger partial charge < -0.3 is 15.9 Å². The highest BCUT2D eigenvalue weighted by molar-refractivity contribution is 4.64. The van der Waals surface area contributed by atoms with Gasteiger partial charge in [-0.1, -0.05) is 32.6 Å². The molecule has 0 unspecified atom stereocenters. The Morgan fingerprint density at radius 3 is 2.15 bits per heavy atom. The zero-order valence-electron chi connectivity index (χ0n) is 8.63. The Hall–Kier alpha value is -0.120. The van der Waals surface area contributed by atoms with E-state index in [0.717, 1.165) is 12.8 Å². The van der Waals surface area contributed by atoms with E-state index >= 15 is 0 Å². The van der Waals surface area contributed by atoms with Gasteiger partial charge in [-0.3, -0.25) is 0 Å². The lowest BCUT2D eigenvalue weighted by Crippen LogP contribution is -2.30. The molecule has 3 heteroatoms. The minimum Gasteiger partial charge on any atom is -0.366 e. The number of rotatable bonds is 8. The van der Waals surface area contributed by atoms with E-state index in [4.69, 9.17) is 5.73 Å². The zero-order valence-corrected chi connectivity index (χ0v) is 8.63. The van der Waals surface area contributed by atoms with Crippen LogP contribution >= 0.6 is 0 Å². The van der Waals surface area contributed by atoms with Gasteiger partial charge in [-0.2, -0.15) is 0 Å². The molecule has 0 aromatic rings. The van der Waals surface area contributed by atoms with Crippen LogP contribution in [0.2, 0.25) is 0 Å². The highest BCUT2D eigenvalue weighted by Gasteiger charge is 2.20. The largest absolute Gasteiger partial charge is 0.366 e. The third-order valence-electron chi connectivity index (χ3n) is 2.23.